The SMILES string of the molecule is COc1cccc(C(=O)NCC2=NO[C@H](Cc3cc(OC)c4c(c3OC)OCO4)C2)c1. The fourth-order valence-corrected chi connectivity index (χ4v) is 3.59. The maximum atomic E-state index is 12.4. The summed E-state index contributed by atoms with van der Waals surface area (Å²) >= 11 is 0. The van der Waals surface area contributed by atoms with Crippen LogP contribution < -0.4 is 29.0 Å². The van der Waals surface area contributed by atoms with Gasteiger partial charge in [-0.3, -0.25) is 4.79 Å². The average molecular weight is 428 g/mol. The van der Waals surface area contributed by atoms with Crippen LogP contribution in [-0.4, -0.2) is 52.4 Å². The monoisotopic (exact) mass is 428 g/mol. The predicted octanol–water partition coefficient (Wildman–Crippen LogP) is 2.56. The lowest BCUT2D eigenvalue weighted by atomic mass is 10.0. The number of hydrogen-bond donors (Lipinski definition) is 1. The van der Waals surface area contributed by atoms with Gasteiger partial charge in [0.2, 0.25) is 18.3 Å². The summed E-state index contributed by atoms with van der Waals surface area (Å²) in [5, 5.41) is 7.00. The molecule has 0 saturated carbocycles. The molecule has 0 fully saturated rings. The van der Waals surface area contributed by atoms with Crippen molar-refractivity contribution in [2.45, 2.75) is 18.9 Å². The number of fused-ring (bicyclic) bond motifs is 1. The van der Waals surface area contributed by atoms with Crippen molar-refractivity contribution in [2.75, 3.05) is 34.7 Å². The molecular weight excluding hydrogens is 404 g/mol. The van der Waals surface area contributed by atoms with Crippen LogP contribution >= 0.6 is 0 Å². The van der Waals surface area contributed by atoms with E-state index in [1.54, 1.807) is 45.6 Å². The Morgan fingerprint density at radius 2 is 1.97 bits per heavy atom. The number of hydrogen-bond acceptors (Lipinski definition) is 8. The van der Waals surface area contributed by atoms with Crippen molar-refractivity contribution < 1.29 is 33.3 Å². The quantitative estimate of drug-likeness (QED) is 0.690. The van der Waals surface area contributed by atoms with E-state index in [4.69, 9.17) is 28.5 Å². The Balaban J connectivity index is 1.37. The van der Waals surface area contributed by atoms with E-state index in [1.807, 2.05) is 6.07 Å². The van der Waals surface area contributed by atoms with E-state index in [-0.39, 0.29) is 18.8 Å². The molecule has 2 aliphatic heterocycles. The first-order valence-corrected chi connectivity index (χ1v) is 9.80. The number of nitrogens with one attached hydrogen (secondary N) is 1. The average Bonchev–Trinajstić information content (AvgIpc) is 3.46. The molecule has 2 aromatic rings. The number of carbonyl (C=O) groups excluding carboxylic acids is 1. The molecule has 1 amide bonds. The van der Waals surface area contributed by atoms with Gasteiger partial charge < -0.3 is 33.8 Å². The second-order valence-corrected chi connectivity index (χ2v) is 7.04. The molecule has 9 nitrogen and oxygen atoms in total. The van der Waals surface area contributed by atoms with Crippen molar-refractivity contribution in [2.24, 2.45) is 5.16 Å². The van der Waals surface area contributed by atoms with Crippen molar-refractivity contribution in [3.8, 4) is 28.7 Å². The van der Waals surface area contributed by atoms with Crippen LogP contribution in [0.25, 0.3) is 0 Å². The first-order chi connectivity index (χ1) is 15.1. The second kappa shape index (κ2) is 9.03. The summed E-state index contributed by atoms with van der Waals surface area (Å²) in [7, 11) is 4.72. The second-order valence-electron chi connectivity index (χ2n) is 7.04. The van der Waals surface area contributed by atoms with Gasteiger partial charge in [0, 0.05) is 24.0 Å². The zero-order valence-electron chi connectivity index (χ0n) is 17.6. The normalized spacial score (nSPS) is 16.4. The number of nitrogens with zero attached hydrogens (tertiary/aromatic N) is 1. The van der Waals surface area contributed by atoms with Gasteiger partial charge in [0.1, 0.15) is 11.9 Å². The fraction of sp³-hybridized carbons (Fsp3) is 0.364. The molecule has 0 aliphatic carbocycles. The topological polar surface area (TPSA) is 96.8 Å². The number of rotatable bonds is 8. The Morgan fingerprint density at radius 1 is 1.13 bits per heavy atom. The van der Waals surface area contributed by atoms with Crippen LogP contribution in [0, 0.1) is 0 Å². The van der Waals surface area contributed by atoms with Crippen LogP contribution in [-0.2, 0) is 11.3 Å². The third-order valence-electron chi connectivity index (χ3n) is 5.09. The van der Waals surface area contributed by atoms with Crippen LogP contribution in [0.5, 0.6) is 28.7 Å². The maximum absolute atomic E-state index is 12.4. The molecule has 4 rings (SSSR count). The van der Waals surface area contributed by atoms with E-state index in [2.05, 4.69) is 10.5 Å². The van der Waals surface area contributed by atoms with E-state index < -0.39 is 0 Å². The molecule has 0 spiro atoms. The Morgan fingerprint density at radius 3 is 2.74 bits per heavy atom. The third-order valence-corrected chi connectivity index (χ3v) is 5.09. The third kappa shape index (κ3) is 4.30. The zero-order valence-corrected chi connectivity index (χ0v) is 17.6. The number of methoxy groups -OCH3 is 3. The Labute approximate surface area is 179 Å². The number of amides is 1. The minimum absolute atomic E-state index is 0.117. The highest BCUT2D eigenvalue weighted by Gasteiger charge is 2.30. The number of oxime groups is 1. The van der Waals surface area contributed by atoms with Crippen LogP contribution in [0.4, 0.5) is 0 Å². The Bertz CT molecular complexity index is 1010. The van der Waals surface area contributed by atoms with Crippen LogP contribution in [0.15, 0.2) is 35.5 Å². The van der Waals surface area contributed by atoms with Gasteiger partial charge in [-0.1, -0.05) is 11.2 Å². The summed E-state index contributed by atoms with van der Waals surface area (Å²) in [6, 6.07) is 8.83. The molecule has 2 heterocycles. The molecule has 0 radical (unpaired) electrons. The summed E-state index contributed by atoms with van der Waals surface area (Å²) < 4.78 is 27.2. The van der Waals surface area contributed by atoms with Crippen LogP contribution in [0.2, 0.25) is 0 Å². The number of benzene rings is 2. The molecule has 1 N–H and O–H groups in total. The van der Waals surface area contributed by atoms with E-state index in [0.29, 0.717) is 53.7 Å². The minimum atomic E-state index is -0.202. The maximum Gasteiger partial charge on any atom is 0.251 e. The molecule has 164 valence electrons. The van der Waals surface area contributed by atoms with E-state index in [9.17, 15) is 4.79 Å². The minimum Gasteiger partial charge on any atom is -0.497 e. The summed E-state index contributed by atoms with van der Waals surface area (Å²) in [5.41, 5.74) is 2.14. The molecule has 2 aromatic carbocycles. The zero-order chi connectivity index (χ0) is 21.8. The largest absolute Gasteiger partial charge is 0.497 e. The van der Waals surface area contributed by atoms with Gasteiger partial charge in [-0.15, -0.1) is 0 Å². The molecule has 0 aromatic heterocycles. The van der Waals surface area contributed by atoms with E-state index in [0.717, 1.165) is 11.3 Å². The predicted molar refractivity (Wildman–Crippen MR) is 112 cm³/mol. The van der Waals surface area contributed by atoms with E-state index in [1.165, 1.54) is 0 Å². The lowest BCUT2D eigenvalue weighted by Crippen LogP contribution is -2.29. The summed E-state index contributed by atoms with van der Waals surface area (Å²) in [5.74, 6) is 2.66. The van der Waals surface area contributed by atoms with Gasteiger partial charge in [0.15, 0.2) is 11.5 Å². The van der Waals surface area contributed by atoms with Gasteiger partial charge in [0.05, 0.1) is 33.6 Å². The van der Waals surface area contributed by atoms with Gasteiger partial charge in [0.25, 0.3) is 5.91 Å². The number of carbonyl (C=O) groups is 1. The highest BCUT2D eigenvalue weighted by atomic mass is 16.7. The van der Waals surface area contributed by atoms with Crippen molar-refractivity contribution in [1.82, 2.24) is 5.32 Å². The molecule has 31 heavy (non-hydrogen) atoms. The van der Waals surface area contributed by atoms with Crippen LogP contribution in [0.3, 0.4) is 0 Å². The van der Waals surface area contributed by atoms with Crippen molar-refractivity contribution in [1.29, 1.82) is 0 Å². The fourth-order valence-electron chi connectivity index (χ4n) is 3.59. The molecule has 2 aliphatic rings. The van der Waals surface area contributed by atoms with Crippen molar-refractivity contribution in [3.05, 3.63) is 41.5 Å². The first-order valence-electron chi connectivity index (χ1n) is 9.80. The molecule has 0 bridgehead atoms. The van der Waals surface area contributed by atoms with Gasteiger partial charge >= 0.3 is 0 Å². The van der Waals surface area contributed by atoms with Gasteiger partial charge in [-0.05, 0) is 24.3 Å². The highest BCUT2D eigenvalue weighted by molar-refractivity contribution is 5.98. The van der Waals surface area contributed by atoms with Gasteiger partial charge in [-0.2, -0.15) is 0 Å². The molecular formula is C22H24N2O7. The van der Waals surface area contributed by atoms with Gasteiger partial charge in [-0.25, -0.2) is 0 Å². The first kappa shape index (κ1) is 20.6. The lowest BCUT2D eigenvalue weighted by molar-refractivity contribution is 0.0853. The molecule has 1 atom stereocenters. The molecule has 9 heteroatoms. The molecule has 0 unspecified atom stereocenters. The van der Waals surface area contributed by atoms with Crippen molar-refractivity contribution >= 4 is 11.6 Å². The summed E-state index contributed by atoms with van der Waals surface area (Å²) in [4.78, 5) is 18.0. The Kier molecular flexibility index (Phi) is 6.01. The van der Waals surface area contributed by atoms with Crippen molar-refractivity contribution in [3.63, 3.8) is 0 Å². The standard InChI is InChI=1S/C22H24N2O7/c1-26-16-6-4-5-13(7-16)22(25)23-11-15-10-17(31-24-15)8-14-9-18(27-2)20-21(19(14)28-3)30-12-29-20/h4-7,9,17H,8,10-12H2,1-3H3,(H,23,25)/t17-/m1/s1. The van der Waals surface area contributed by atoms with E-state index >= 15 is 0 Å². The lowest BCUT2D eigenvalue weighted by Gasteiger charge is -2.15. The Hall–Kier alpha value is -3.62. The summed E-state index contributed by atoms with van der Waals surface area (Å²) in [6.07, 6.45) is 0.924. The van der Waals surface area contributed by atoms with Crippen LogP contribution in [0.1, 0.15) is 22.3 Å². The smallest absolute Gasteiger partial charge is 0.251 e. The number of ether oxygens (including phenoxy) is 5. The molecule has 0 saturated heterocycles. The summed E-state index contributed by atoms with van der Waals surface area (Å²) in [6.45, 7) is 0.416. The highest BCUT2D eigenvalue weighted by Crippen LogP contribution is 2.49.